The van der Waals surface area contributed by atoms with E-state index >= 15 is 0 Å². The summed E-state index contributed by atoms with van der Waals surface area (Å²) in [5.41, 5.74) is 2.56. The number of fused-ring (bicyclic) bond motifs is 2. The third kappa shape index (κ3) is 2.31. The van der Waals surface area contributed by atoms with E-state index in [2.05, 4.69) is 32.1 Å². The largest absolute Gasteiger partial charge is 0.349 e. The first-order valence-electron chi connectivity index (χ1n) is 9.23. The average Bonchev–Trinajstić information content (AvgIpc) is 3.22. The fourth-order valence-corrected chi connectivity index (χ4v) is 4.74. The zero-order valence-corrected chi connectivity index (χ0v) is 14.4. The molecule has 3 aromatic rings. The van der Waals surface area contributed by atoms with Crippen LogP contribution in [0.25, 0.3) is 16.9 Å². The van der Waals surface area contributed by atoms with Crippen molar-refractivity contribution in [1.29, 1.82) is 0 Å². The zero-order chi connectivity index (χ0) is 16.8. The topological polar surface area (TPSA) is 59.7 Å². The lowest BCUT2D eigenvalue weighted by atomic mass is 9.85. The van der Waals surface area contributed by atoms with Crippen molar-refractivity contribution in [1.82, 2.24) is 25.0 Å². The molecule has 128 valence electrons. The molecule has 3 atom stereocenters. The van der Waals surface area contributed by atoms with Gasteiger partial charge in [-0.2, -0.15) is 4.68 Å². The molecule has 1 aliphatic heterocycles. The lowest BCUT2D eigenvalue weighted by Crippen LogP contribution is -2.38. The van der Waals surface area contributed by atoms with Crippen molar-refractivity contribution in [2.45, 2.75) is 51.1 Å². The van der Waals surface area contributed by atoms with Gasteiger partial charge in [0.1, 0.15) is 6.33 Å². The summed E-state index contributed by atoms with van der Waals surface area (Å²) >= 11 is 0. The van der Waals surface area contributed by atoms with Crippen molar-refractivity contribution >= 4 is 17.0 Å². The van der Waals surface area contributed by atoms with Gasteiger partial charge < -0.3 is 4.90 Å². The Balaban J connectivity index is 1.62. The van der Waals surface area contributed by atoms with Gasteiger partial charge in [-0.1, -0.05) is 36.3 Å². The molecular weight excluding hydrogens is 312 g/mol. The first-order valence-corrected chi connectivity index (χ1v) is 9.23. The van der Waals surface area contributed by atoms with Gasteiger partial charge in [0.15, 0.2) is 17.0 Å². The van der Waals surface area contributed by atoms with Crippen LogP contribution in [0.15, 0.2) is 36.7 Å². The fourth-order valence-electron chi connectivity index (χ4n) is 4.74. The second kappa shape index (κ2) is 5.79. The molecule has 1 saturated heterocycles. The Bertz CT molecular complexity index is 889. The summed E-state index contributed by atoms with van der Waals surface area (Å²) in [6, 6.07) is 11.1. The second-order valence-corrected chi connectivity index (χ2v) is 7.31. The number of benzene rings is 1. The van der Waals surface area contributed by atoms with E-state index in [1.165, 1.54) is 32.1 Å². The maximum atomic E-state index is 4.64. The lowest BCUT2D eigenvalue weighted by Gasteiger charge is -2.33. The third-order valence-electron chi connectivity index (χ3n) is 5.81. The van der Waals surface area contributed by atoms with E-state index in [1.54, 1.807) is 11.0 Å². The van der Waals surface area contributed by atoms with E-state index in [1.807, 2.05) is 30.3 Å². The van der Waals surface area contributed by atoms with Crippen molar-refractivity contribution in [2.75, 3.05) is 4.90 Å². The first-order chi connectivity index (χ1) is 12.3. The molecule has 2 aliphatic rings. The van der Waals surface area contributed by atoms with Gasteiger partial charge in [0.2, 0.25) is 0 Å². The van der Waals surface area contributed by atoms with Crippen LogP contribution >= 0.6 is 0 Å². The van der Waals surface area contributed by atoms with Crippen LogP contribution < -0.4 is 4.90 Å². The Morgan fingerprint density at radius 2 is 1.88 bits per heavy atom. The maximum absolute atomic E-state index is 4.64. The molecule has 6 heteroatoms. The SMILES string of the molecule is CC1CC2CCCCC2N1c1ncnc2c1nnn2-c1ccccc1. The predicted octanol–water partition coefficient (Wildman–Crippen LogP) is 3.37. The number of aromatic nitrogens is 5. The minimum absolute atomic E-state index is 0.494. The van der Waals surface area contributed by atoms with E-state index in [4.69, 9.17) is 0 Å². The molecule has 2 fully saturated rings. The highest BCUT2D eigenvalue weighted by atomic mass is 15.5. The van der Waals surface area contributed by atoms with Crippen molar-refractivity contribution in [3.05, 3.63) is 36.7 Å². The van der Waals surface area contributed by atoms with Gasteiger partial charge in [-0.05, 0) is 44.2 Å². The maximum Gasteiger partial charge on any atom is 0.189 e. The summed E-state index contributed by atoms with van der Waals surface area (Å²) in [7, 11) is 0. The molecule has 0 N–H and O–H groups in total. The first kappa shape index (κ1) is 14.8. The minimum Gasteiger partial charge on any atom is -0.349 e. The molecule has 3 heterocycles. The number of nitrogens with zero attached hydrogens (tertiary/aromatic N) is 6. The molecule has 25 heavy (non-hydrogen) atoms. The van der Waals surface area contributed by atoms with Gasteiger partial charge in [0, 0.05) is 12.1 Å². The van der Waals surface area contributed by atoms with E-state index in [0.717, 1.165) is 28.6 Å². The van der Waals surface area contributed by atoms with E-state index < -0.39 is 0 Å². The number of rotatable bonds is 2. The van der Waals surface area contributed by atoms with E-state index in [9.17, 15) is 0 Å². The molecule has 5 rings (SSSR count). The van der Waals surface area contributed by atoms with Crippen LogP contribution in [0.3, 0.4) is 0 Å². The zero-order valence-electron chi connectivity index (χ0n) is 14.4. The molecule has 0 radical (unpaired) electrons. The summed E-state index contributed by atoms with van der Waals surface area (Å²) in [4.78, 5) is 11.6. The normalized spacial score (nSPS) is 26.1. The molecule has 3 unspecified atom stereocenters. The monoisotopic (exact) mass is 334 g/mol. The van der Waals surface area contributed by atoms with Crippen LogP contribution in [0.4, 0.5) is 5.82 Å². The van der Waals surface area contributed by atoms with Gasteiger partial charge in [-0.15, -0.1) is 5.10 Å². The lowest BCUT2D eigenvalue weighted by molar-refractivity contribution is 0.341. The average molecular weight is 334 g/mol. The second-order valence-electron chi connectivity index (χ2n) is 7.31. The van der Waals surface area contributed by atoms with Crippen LogP contribution in [-0.4, -0.2) is 37.0 Å². The number of hydrogen-bond acceptors (Lipinski definition) is 5. The highest BCUT2D eigenvalue weighted by Crippen LogP contribution is 2.42. The Hall–Kier alpha value is -2.50. The quantitative estimate of drug-likeness (QED) is 0.719. The Morgan fingerprint density at radius 1 is 1.04 bits per heavy atom. The molecule has 1 aliphatic carbocycles. The molecule has 6 nitrogen and oxygen atoms in total. The van der Waals surface area contributed by atoms with Gasteiger partial charge in [-0.25, -0.2) is 9.97 Å². The molecule has 2 aromatic heterocycles. The third-order valence-corrected chi connectivity index (χ3v) is 5.81. The Kier molecular flexibility index (Phi) is 3.43. The predicted molar refractivity (Wildman–Crippen MR) is 96.8 cm³/mol. The highest BCUT2D eigenvalue weighted by Gasteiger charge is 2.41. The van der Waals surface area contributed by atoms with Gasteiger partial charge >= 0.3 is 0 Å². The summed E-state index contributed by atoms with van der Waals surface area (Å²) in [5.74, 6) is 1.74. The van der Waals surface area contributed by atoms with E-state index in [-0.39, 0.29) is 0 Å². The van der Waals surface area contributed by atoms with Gasteiger partial charge in [0.25, 0.3) is 0 Å². The van der Waals surface area contributed by atoms with Crippen LogP contribution in [0.5, 0.6) is 0 Å². The summed E-state index contributed by atoms with van der Waals surface area (Å²) < 4.78 is 1.81. The molecular formula is C19H22N6. The Morgan fingerprint density at radius 3 is 2.76 bits per heavy atom. The smallest absolute Gasteiger partial charge is 0.189 e. The minimum atomic E-state index is 0.494. The molecule has 1 saturated carbocycles. The van der Waals surface area contributed by atoms with Gasteiger partial charge in [0.05, 0.1) is 5.69 Å². The van der Waals surface area contributed by atoms with Gasteiger partial charge in [-0.3, -0.25) is 0 Å². The summed E-state index contributed by atoms with van der Waals surface area (Å²) in [6.45, 7) is 2.31. The summed E-state index contributed by atoms with van der Waals surface area (Å²) in [6.07, 6.45) is 8.19. The van der Waals surface area contributed by atoms with Crippen LogP contribution in [0, 0.1) is 5.92 Å². The molecule has 0 spiro atoms. The molecule has 0 bridgehead atoms. The van der Waals surface area contributed by atoms with Crippen molar-refractivity contribution in [3.8, 4) is 5.69 Å². The van der Waals surface area contributed by atoms with Crippen molar-refractivity contribution < 1.29 is 0 Å². The van der Waals surface area contributed by atoms with Crippen LogP contribution in [-0.2, 0) is 0 Å². The van der Waals surface area contributed by atoms with Crippen molar-refractivity contribution in [3.63, 3.8) is 0 Å². The van der Waals surface area contributed by atoms with Crippen LogP contribution in [0.1, 0.15) is 39.0 Å². The van der Waals surface area contributed by atoms with Crippen molar-refractivity contribution in [2.24, 2.45) is 5.92 Å². The molecule has 0 amide bonds. The standard InChI is InChI=1S/C19H22N6/c1-13-11-14-7-5-6-10-16(14)24(13)18-17-19(21-12-20-18)25(23-22-17)15-8-3-2-4-9-15/h2-4,8-9,12-14,16H,5-7,10-11H2,1H3. The van der Waals surface area contributed by atoms with E-state index in [0.29, 0.717) is 12.1 Å². The number of anilines is 1. The fraction of sp³-hybridized carbons (Fsp3) is 0.474. The molecule has 1 aromatic carbocycles. The van der Waals surface area contributed by atoms with Crippen LogP contribution in [0.2, 0.25) is 0 Å². The number of para-hydroxylation sites is 1. The Labute approximate surface area is 146 Å². The highest BCUT2D eigenvalue weighted by molar-refractivity contribution is 5.84. The number of hydrogen-bond donors (Lipinski definition) is 0. The summed E-state index contributed by atoms with van der Waals surface area (Å²) in [5, 5.41) is 8.82.